The van der Waals surface area contributed by atoms with Crippen molar-refractivity contribution in [1.29, 1.82) is 0 Å². The zero-order valence-electron chi connectivity index (χ0n) is 14.4. The van der Waals surface area contributed by atoms with E-state index in [2.05, 4.69) is 49.0 Å². The Bertz CT molecular complexity index is 747. The van der Waals surface area contributed by atoms with Crippen LogP contribution in [0, 0.1) is 6.92 Å². The number of aryl methyl sites for hydroxylation is 2. The number of carbonyl (C=O) groups excluding carboxylic acids is 1. The third-order valence-electron chi connectivity index (χ3n) is 4.35. The number of benzene rings is 1. The van der Waals surface area contributed by atoms with Gasteiger partial charge in [-0.25, -0.2) is 0 Å². The summed E-state index contributed by atoms with van der Waals surface area (Å²) in [4.78, 5) is 13.2. The monoisotopic (exact) mass is 422 g/mol. The third-order valence-corrected chi connectivity index (χ3v) is 6.02. The van der Waals surface area contributed by atoms with Crippen molar-refractivity contribution in [2.45, 2.75) is 50.5 Å². The van der Waals surface area contributed by atoms with Crippen LogP contribution in [0.4, 0.5) is 0 Å². The minimum atomic E-state index is 0.0583. The summed E-state index contributed by atoms with van der Waals surface area (Å²) in [5, 5.41) is 11.6. The number of carbonyl (C=O) groups is 1. The number of thioether (sulfide) groups is 1. The van der Waals surface area contributed by atoms with Crippen molar-refractivity contribution in [3.05, 3.63) is 39.9 Å². The summed E-state index contributed by atoms with van der Waals surface area (Å²) in [6, 6.07) is 6.12. The van der Waals surface area contributed by atoms with Gasteiger partial charge < -0.3 is 9.88 Å². The second-order valence-corrected chi connectivity index (χ2v) is 8.23. The smallest absolute Gasteiger partial charge is 0.230 e. The van der Waals surface area contributed by atoms with E-state index < -0.39 is 0 Å². The first kappa shape index (κ1) is 18.5. The molecule has 134 valence electrons. The standard InChI is InChI=1S/C18H23BrN4OS/c1-13-11-14(19)6-7-15(13)25-12-18(24)20-9-8-17-22-21-16-5-3-2-4-10-23(16)17/h6-7,11H,2-5,8-10,12H2,1H3,(H,20,24). The van der Waals surface area contributed by atoms with Crippen LogP contribution in [0.1, 0.15) is 36.5 Å². The van der Waals surface area contributed by atoms with Crippen molar-refractivity contribution in [3.63, 3.8) is 0 Å². The molecule has 0 saturated carbocycles. The summed E-state index contributed by atoms with van der Waals surface area (Å²) in [6.45, 7) is 3.67. The van der Waals surface area contributed by atoms with Crippen LogP contribution in [-0.4, -0.2) is 33.0 Å². The molecule has 3 rings (SSSR count). The van der Waals surface area contributed by atoms with Crippen molar-refractivity contribution in [3.8, 4) is 0 Å². The Morgan fingerprint density at radius 3 is 3.04 bits per heavy atom. The first-order valence-corrected chi connectivity index (χ1v) is 10.5. The van der Waals surface area contributed by atoms with Gasteiger partial charge in [0.1, 0.15) is 11.6 Å². The molecule has 1 aromatic heterocycles. The van der Waals surface area contributed by atoms with Gasteiger partial charge in [-0.1, -0.05) is 22.4 Å². The fraction of sp³-hybridized carbons (Fsp3) is 0.500. The molecule has 0 fully saturated rings. The molecule has 1 aliphatic heterocycles. The number of nitrogens with zero attached hydrogens (tertiary/aromatic N) is 3. The van der Waals surface area contributed by atoms with E-state index in [0.29, 0.717) is 12.3 Å². The largest absolute Gasteiger partial charge is 0.355 e. The minimum Gasteiger partial charge on any atom is -0.355 e. The van der Waals surface area contributed by atoms with Gasteiger partial charge in [0.05, 0.1) is 5.75 Å². The molecule has 1 aromatic carbocycles. The molecule has 25 heavy (non-hydrogen) atoms. The predicted octanol–water partition coefficient (Wildman–Crippen LogP) is 3.53. The highest BCUT2D eigenvalue weighted by Gasteiger charge is 2.14. The van der Waals surface area contributed by atoms with Crippen molar-refractivity contribution in [2.75, 3.05) is 12.3 Å². The fourth-order valence-corrected chi connectivity index (χ4v) is 4.33. The van der Waals surface area contributed by atoms with Crippen LogP contribution in [0.2, 0.25) is 0 Å². The van der Waals surface area contributed by atoms with Crippen molar-refractivity contribution in [2.24, 2.45) is 0 Å². The number of hydrogen-bond donors (Lipinski definition) is 1. The number of nitrogens with one attached hydrogen (secondary N) is 1. The SMILES string of the molecule is Cc1cc(Br)ccc1SCC(=O)NCCc1nnc2n1CCCCC2. The van der Waals surface area contributed by atoms with E-state index in [1.807, 2.05) is 12.1 Å². The maximum Gasteiger partial charge on any atom is 0.230 e. The van der Waals surface area contributed by atoms with E-state index in [0.717, 1.165) is 40.4 Å². The van der Waals surface area contributed by atoms with Gasteiger partial charge in [-0.15, -0.1) is 22.0 Å². The molecule has 0 spiro atoms. The molecule has 0 bridgehead atoms. The molecule has 0 saturated heterocycles. The lowest BCUT2D eigenvalue weighted by molar-refractivity contribution is -0.118. The Kier molecular flexibility index (Phi) is 6.53. The van der Waals surface area contributed by atoms with E-state index in [1.165, 1.54) is 24.8 Å². The number of halogens is 1. The van der Waals surface area contributed by atoms with Gasteiger partial charge in [0, 0.05) is 35.3 Å². The third kappa shape index (κ3) is 5.07. The topological polar surface area (TPSA) is 59.8 Å². The molecule has 0 atom stereocenters. The number of amides is 1. The van der Waals surface area contributed by atoms with Crippen LogP contribution in [0.25, 0.3) is 0 Å². The van der Waals surface area contributed by atoms with Gasteiger partial charge in [0.2, 0.25) is 5.91 Å². The lowest BCUT2D eigenvalue weighted by atomic mass is 10.2. The highest BCUT2D eigenvalue weighted by atomic mass is 79.9. The van der Waals surface area contributed by atoms with Crippen LogP contribution in [0.5, 0.6) is 0 Å². The Labute approximate surface area is 161 Å². The molecule has 1 N–H and O–H groups in total. The van der Waals surface area contributed by atoms with E-state index in [-0.39, 0.29) is 5.91 Å². The number of fused-ring (bicyclic) bond motifs is 1. The summed E-state index contributed by atoms with van der Waals surface area (Å²) in [6.07, 6.45) is 5.39. The quantitative estimate of drug-likeness (QED) is 0.723. The maximum absolute atomic E-state index is 12.1. The number of aromatic nitrogens is 3. The summed E-state index contributed by atoms with van der Waals surface area (Å²) < 4.78 is 3.30. The highest BCUT2D eigenvalue weighted by Crippen LogP contribution is 2.25. The summed E-state index contributed by atoms with van der Waals surface area (Å²) in [7, 11) is 0. The highest BCUT2D eigenvalue weighted by molar-refractivity contribution is 9.10. The zero-order chi connectivity index (χ0) is 17.6. The van der Waals surface area contributed by atoms with Gasteiger partial charge >= 0.3 is 0 Å². The van der Waals surface area contributed by atoms with E-state index >= 15 is 0 Å². The molecule has 2 aromatic rings. The normalized spacial score (nSPS) is 14.0. The lowest BCUT2D eigenvalue weighted by Gasteiger charge is -2.09. The van der Waals surface area contributed by atoms with Crippen molar-refractivity contribution in [1.82, 2.24) is 20.1 Å². The molecule has 1 aliphatic rings. The van der Waals surface area contributed by atoms with Crippen LogP contribution in [0.3, 0.4) is 0 Å². The van der Waals surface area contributed by atoms with E-state index in [9.17, 15) is 4.79 Å². The predicted molar refractivity (Wildman–Crippen MR) is 104 cm³/mol. The van der Waals surface area contributed by atoms with Crippen LogP contribution >= 0.6 is 27.7 Å². The first-order chi connectivity index (χ1) is 12.1. The molecular weight excluding hydrogens is 400 g/mol. The van der Waals surface area contributed by atoms with Gasteiger partial charge in [-0.05, 0) is 43.5 Å². The maximum atomic E-state index is 12.1. The van der Waals surface area contributed by atoms with E-state index in [1.54, 1.807) is 11.8 Å². The van der Waals surface area contributed by atoms with Crippen LogP contribution < -0.4 is 5.32 Å². The second kappa shape index (κ2) is 8.85. The summed E-state index contributed by atoms with van der Waals surface area (Å²) in [5.41, 5.74) is 1.18. The van der Waals surface area contributed by atoms with Gasteiger partial charge in [0.15, 0.2) is 0 Å². The average Bonchev–Trinajstić information content (AvgIpc) is 2.81. The Morgan fingerprint density at radius 2 is 2.20 bits per heavy atom. The summed E-state index contributed by atoms with van der Waals surface area (Å²) >= 11 is 5.03. The number of hydrogen-bond acceptors (Lipinski definition) is 4. The molecule has 0 aliphatic carbocycles. The van der Waals surface area contributed by atoms with Crippen LogP contribution in [0.15, 0.2) is 27.6 Å². The molecule has 0 radical (unpaired) electrons. The molecule has 7 heteroatoms. The molecular formula is C18H23BrN4OS. The molecule has 5 nitrogen and oxygen atoms in total. The van der Waals surface area contributed by atoms with Crippen molar-refractivity contribution >= 4 is 33.6 Å². The van der Waals surface area contributed by atoms with Crippen molar-refractivity contribution < 1.29 is 4.79 Å². The minimum absolute atomic E-state index is 0.0583. The molecule has 1 amide bonds. The van der Waals surface area contributed by atoms with Gasteiger partial charge in [-0.2, -0.15) is 0 Å². The Hall–Kier alpha value is -1.34. The Balaban J connectivity index is 1.44. The number of rotatable bonds is 6. The molecule has 2 heterocycles. The zero-order valence-corrected chi connectivity index (χ0v) is 16.8. The second-order valence-electron chi connectivity index (χ2n) is 6.29. The first-order valence-electron chi connectivity index (χ1n) is 8.70. The average molecular weight is 423 g/mol. The van der Waals surface area contributed by atoms with E-state index in [4.69, 9.17) is 0 Å². The Morgan fingerprint density at radius 1 is 1.32 bits per heavy atom. The summed E-state index contributed by atoms with van der Waals surface area (Å²) in [5.74, 6) is 2.58. The van der Waals surface area contributed by atoms with Crippen LogP contribution in [-0.2, 0) is 24.2 Å². The molecule has 0 unspecified atom stereocenters. The van der Waals surface area contributed by atoms with Gasteiger partial charge in [-0.3, -0.25) is 4.79 Å². The fourth-order valence-electron chi connectivity index (χ4n) is 3.01. The lowest BCUT2D eigenvalue weighted by Crippen LogP contribution is -2.28. The van der Waals surface area contributed by atoms with Gasteiger partial charge in [0.25, 0.3) is 0 Å².